The van der Waals surface area contributed by atoms with Gasteiger partial charge in [-0.05, 0) is 0 Å². The number of hydrogen-bond donors (Lipinski definition) is 6. The minimum atomic E-state index is -4.79. The number of hydrogen-bond acceptors (Lipinski definition) is 10. The highest BCUT2D eigenvalue weighted by molar-refractivity contribution is 7.70. The van der Waals surface area contributed by atoms with Crippen molar-refractivity contribution in [1.29, 1.82) is 0 Å². The summed E-state index contributed by atoms with van der Waals surface area (Å²) in [6, 6.07) is 0. The Balaban J connectivity index is 1.75. The molecule has 150 valence electrons. The van der Waals surface area contributed by atoms with Gasteiger partial charge in [-0.1, -0.05) is 0 Å². The van der Waals surface area contributed by atoms with E-state index in [1.165, 1.54) is 17.2 Å². The Hall–Kier alpha value is -1.47. The van der Waals surface area contributed by atoms with Gasteiger partial charge in [0.1, 0.15) is 30.2 Å². The lowest BCUT2D eigenvalue weighted by Crippen LogP contribution is -2.33. The number of fused-ring (bicyclic) bond motifs is 1. The molecule has 27 heavy (non-hydrogen) atoms. The lowest BCUT2D eigenvalue weighted by Gasteiger charge is -2.18. The molecule has 7 N–H and O–H groups in total. The van der Waals surface area contributed by atoms with Crippen LogP contribution in [0.1, 0.15) is 6.23 Å². The highest BCUT2D eigenvalue weighted by Crippen LogP contribution is 2.55. The van der Waals surface area contributed by atoms with Crippen LogP contribution in [0.2, 0.25) is 0 Å². The number of aliphatic hydroxyl groups is 2. The van der Waals surface area contributed by atoms with E-state index in [2.05, 4.69) is 19.5 Å². The number of imidazole rings is 1. The van der Waals surface area contributed by atoms with Crippen molar-refractivity contribution in [2.75, 3.05) is 18.2 Å². The Morgan fingerprint density at radius 1 is 1.19 bits per heavy atom. The zero-order valence-corrected chi connectivity index (χ0v) is 15.3. The minimum absolute atomic E-state index is 0.102. The Bertz CT molecular complexity index is 932. The van der Waals surface area contributed by atoms with Crippen LogP contribution in [0, 0.1) is 0 Å². The Labute approximate surface area is 151 Å². The van der Waals surface area contributed by atoms with E-state index in [0.29, 0.717) is 0 Å². The maximum Gasteiger partial charge on any atom is 0.340 e. The quantitative estimate of drug-likeness (QED) is 0.286. The normalized spacial score (nSPS) is 28.5. The summed E-state index contributed by atoms with van der Waals surface area (Å²) in [6.45, 7) is -0.688. The van der Waals surface area contributed by atoms with Gasteiger partial charge in [-0.3, -0.25) is 13.7 Å². The van der Waals surface area contributed by atoms with E-state index in [9.17, 15) is 24.2 Å². The monoisotopic (exact) mass is 425 g/mol. The van der Waals surface area contributed by atoms with E-state index < -0.39 is 52.2 Å². The highest BCUT2D eigenvalue weighted by Gasteiger charge is 2.45. The fourth-order valence-corrected chi connectivity index (χ4v) is 5.19. The van der Waals surface area contributed by atoms with Crippen molar-refractivity contribution in [3.05, 3.63) is 12.7 Å². The van der Waals surface area contributed by atoms with Crippen molar-refractivity contribution >= 4 is 32.2 Å². The highest BCUT2D eigenvalue weighted by atomic mass is 31.2. The van der Waals surface area contributed by atoms with Gasteiger partial charge in [0.25, 0.3) is 0 Å². The van der Waals surface area contributed by atoms with Gasteiger partial charge in [-0.25, -0.2) is 15.0 Å². The van der Waals surface area contributed by atoms with Crippen LogP contribution in [0.25, 0.3) is 11.2 Å². The van der Waals surface area contributed by atoms with Crippen LogP contribution in [-0.4, -0.2) is 75.2 Å². The van der Waals surface area contributed by atoms with Crippen LogP contribution in [0.3, 0.4) is 0 Å². The molecule has 0 radical (unpaired) electrons. The summed E-state index contributed by atoms with van der Waals surface area (Å²) in [5.74, 6) is -1.28. The van der Waals surface area contributed by atoms with Crippen LogP contribution < -0.4 is 5.73 Å². The third-order valence-corrected chi connectivity index (χ3v) is 7.26. The third-order valence-electron chi connectivity index (χ3n) is 3.80. The smallest absolute Gasteiger partial charge is 0.340 e. The molecule has 0 aliphatic carbocycles. The van der Waals surface area contributed by atoms with E-state index in [-0.39, 0.29) is 17.0 Å². The predicted molar refractivity (Wildman–Crippen MR) is 88.3 cm³/mol. The molecule has 0 bridgehead atoms. The third kappa shape index (κ3) is 4.35. The average molecular weight is 425 g/mol. The van der Waals surface area contributed by atoms with Gasteiger partial charge >= 0.3 is 15.2 Å². The summed E-state index contributed by atoms with van der Waals surface area (Å²) in [5.41, 5.74) is 6.17. The number of aliphatic hydroxyl groups excluding tert-OH is 2. The summed E-state index contributed by atoms with van der Waals surface area (Å²) < 4.78 is 33.9. The number of ether oxygens (including phenoxy) is 1. The van der Waals surface area contributed by atoms with Crippen molar-refractivity contribution in [3.8, 4) is 0 Å². The second-order valence-electron chi connectivity index (χ2n) is 5.87. The fourth-order valence-electron chi connectivity index (χ4n) is 2.62. The number of nitrogens with two attached hydrogens (primary N) is 1. The Morgan fingerprint density at radius 2 is 1.89 bits per heavy atom. The van der Waals surface area contributed by atoms with Gasteiger partial charge in [-0.15, -0.1) is 0 Å². The van der Waals surface area contributed by atoms with Gasteiger partial charge < -0.3 is 39.9 Å². The van der Waals surface area contributed by atoms with Crippen molar-refractivity contribution in [1.82, 2.24) is 19.5 Å². The molecule has 3 unspecified atom stereocenters. The molecule has 1 aliphatic heterocycles. The van der Waals surface area contributed by atoms with Crippen molar-refractivity contribution < 1.29 is 43.3 Å². The molecule has 2 aromatic heterocycles. The Kier molecular flexibility index (Phi) is 5.38. The molecule has 5 atom stereocenters. The second-order valence-corrected chi connectivity index (χ2v) is 9.86. The molecule has 1 saturated heterocycles. The number of rotatable bonds is 6. The zero-order chi connectivity index (χ0) is 20.0. The van der Waals surface area contributed by atoms with Crippen molar-refractivity contribution in [2.45, 2.75) is 24.5 Å². The number of nitrogen functional groups attached to an aromatic ring is 1. The van der Waals surface area contributed by atoms with Crippen molar-refractivity contribution in [3.63, 3.8) is 0 Å². The summed E-state index contributed by atoms with van der Waals surface area (Å²) in [7, 11) is -9.42. The van der Waals surface area contributed by atoms with Gasteiger partial charge in [0.15, 0.2) is 23.6 Å². The maximum absolute atomic E-state index is 11.7. The molecule has 1 fully saturated rings. The summed E-state index contributed by atoms with van der Waals surface area (Å²) in [6.07, 6.45) is -2.94. The molecular formula is C11H17N5O9P2. The average Bonchev–Trinajstić information content (AvgIpc) is 3.07. The van der Waals surface area contributed by atoms with E-state index in [4.69, 9.17) is 20.3 Å². The van der Waals surface area contributed by atoms with Gasteiger partial charge in [0.2, 0.25) is 0 Å². The first kappa shape index (κ1) is 20.3. The number of aromatic nitrogens is 4. The van der Waals surface area contributed by atoms with Crippen LogP contribution in [-0.2, 0) is 18.4 Å². The molecule has 0 aromatic carbocycles. The number of nitrogens with zero attached hydrogens (tertiary/aromatic N) is 4. The van der Waals surface area contributed by atoms with Gasteiger partial charge in [0.05, 0.1) is 12.9 Å². The fraction of sp³-hybridized carbons (Fsp3) is 0.545. The SMILES string of the molecule is Nc1ncnc2c1ncn2[C@H]1O[C@@H](COP(=O)(O)CP(=O)(O)O)C(O)C1O. The molecule has 1 aliphatic rings. The molecular weight excluding hydrogens is 408 g/mol. The standard InChI is InChI=1S/C11H17N5O9P2/c12-9-6-10(14-2-13-9)16(3-15-6)11-8(18)7(17)5(25-11)1-24-27(22,23)4-26(19,20)21/h2-3,5,7-8,11,17-18H,1,4H2,(H,22,23)(H2,12,13,14)(H2,19,20,21)/t5-,7?,8?,11-/m0/s1. The predicted octanol–water partition coefficient (Wildman–Crippen LogP) is -1.64. The summed E-state index contributed by atoms with van der Waals surface area (Å²) in [5, 5.41) is 20.3. The summed E-state index contributed by atoms with van der Waals surface area (Å²) in [4.78, 5) is 38.8. The van der Waals surface area contributed by atoms with E-state index >= 15 is 0 Å². The lowest BCUT2D eigenvalue weighted by atomic mass is 10.1. The van der Waals surface area contributed by atoms with Crippen LogP contribution in [0.15, 0.2) is 12.7 Å². The zero-order valence-electron chi connectivity index (χ0n) is 13.5. The van der Waals surface area contributed by atoms with Crippen LogP contribution >= 0.6 is 15.2 Å². The first-order valence-electron chi connectivity index (χ1n) is 7.44. The van der Waals surface area contributed by atoms with Crippen molar-refractivity contribution in [2.24, 2.45) is 0 Å². The van der Waals surface area contributed by atoms with Gasteiger partial charge in [-0.2, -0.15) is 0 Å². The lowest BCUT2D eigenvalue weighted by molar-refractivity contribution is -0.0483. The molecule has 3 heterocycles. The molecule has 0 amide bonds. The Morgan fingerprint density at radius 3 is 2.56 bits per heavy atom. The number of anilines is 1. The molecule has 2 aromatic rings. The molecule has 16 heteroatoms. The van der Waals surface area contributed by atoms with Crippen LogP contribution in [0.5, 0.6) is 0 Å². The van der Waals surface area contributed by atoms with Gasteiger partial charge in [0, 0.05) is 0 Å². The maximum atomic E-state index is 11.7. The largest absolute Gasteiger partial charge is 0.387 e. The first-order valence-corrected chi connectivity index (χ1v) is 11.0. The molecule has 3 rings (SSSR count). The topological polar surface area (TPSA) is 223 Å². The summed E-state index contributed by atoms with van der Waals surface area (Å²) >= 11 is 0. The van der Waals surface area contributed by atoms with E-state index in [0.717, 1.165) is 0 Å². The molecule has 0 saturated carbocycles. The minimum Gasteiger partial charge on any atom is -0.387 e. The van der Waals surface area contributed by atoms with E-state index in [1.807, 2.05) is 0 Å². The second kappa shape index (κ2) is 7.17. The molecule has 0 spiro atoms. The van der Waals surface area contributed by atoms with E-state index in [1.54, 1.807) is 0 Å². The first-order chi connectivity index (χ1) is 12.5. The van der Waals surface area contributed by atoms with Crippen LogP contribution in [0.4, 0.5) is 5.82 Å². The molecule has 14 nitrogen and oxygen atoms in total.